The summed E-state index contributed by atoms with van der Waals surface area (Å²) >= 11 is 0. The van der Waals surface area contributed by atoms with Gasteiger partial charge in [0.25, 0.3) is 0 Å². The molecule has 0 aromatic rings. The van der Waals surface area contributed by atoms with Crippen molar-refractivity contribution in [3.63, 3.8) is 0 Å². The van der Waals surface area contributed by atoms with Crippen molar-refractivity contribution in [1.82, 2.24) is 10.6 Å². The van der Waals surface area contributed by atoms with E-state index in [0.717, 1.165) is 25.7 Å². The van der Waals surface area contributed by atoms with Crippen molar-refractivity contribution in [2.75, 3.05) is 33.9 Å². The molecule has 0 rings (SSSR count). The normalized spacial score (nSPS) is 18.2. The molecule has 3 unspecified atom stereocenters. The summed E-state index contributed by atoms with van der Waals surface area (Å²) in [6, 6.07) is 0. The molecule has 6 nitrogen and oxygen atoms in total. The molecular formula is C35H75N3O3. The molecule has 0 aromatic heterocycles. The first-order valence-corrected chi connectivity index (χ1v) is 16.3. The van der Waals surface area contributed by atoms with E-state index in [1.165, 1.54) is 0 Å². The fourth-order valence-electron chi connectivity index (χ4n) is 5.60. The molecule has 6 heteroatoms. The highest BCUT2D eigenvalue weighted by Crippen LogP contribution is 2.48. The lowest BCUT2D eigenvalue weighted by atomic mass is 9.65. The average molecular weight is 586 g/mol. The summed E-state index contributed by atoms with van der Waals surface area (Å²) in [7, 11) is 4.05. The number of ether oxygens (including phenoxy) is 3. The Hall–Kier alpha value is -0.240. The van der Waals surface area contributed by atoms with E-state index in [-0.39, 0.29) is 44.8 Å². The van der Waals surface area contributed by atoms with Gasteiger partial charge in [-0.15, -0.1) is 0 Å². The Labute approximate surface area is 257 Å². The van der Waals surface area contributed by atoms with E-state index >= 15 is 0 Å². The zero-order valence-corrected chi connectivity index (χ0v) is 31.0. The van der Waals surface area contributed by atoms with Crippen LogP contribution in [0.3, 0.4) is 0 Å². The maximum Gasteiger partial charge on any atom is 0.0632 e. The highest BCUT2D eigenvalue weighted by molar-refractivity contribution is 4.96. The molecule has 0 radical (unpaired) electrons. The highest BCUT2D eigenvalue weighted by atomic mass is 16.5. The predicted molar refractivity (Wildman–Crippen MR) is 179 cm³/mol. The Morgan fingerprint density at radius 3 is 1.02 bits per heavy atom. The molecule has 0 heterocycles. The molecule has 0 aliphatic carbocycles. The van der Waals surface area contributed by atoms with Crippen molar-refractivity contribution >= 4 is 0 Å². The second-order valence-corrected chi connectivity index (χ2v) is 17.1. The topological polar surface area (TPSA) is 77.8 Å². The van der Waals surface area contributed by atoms with Crippen LogP contribution < -0.4 is 16.4 Å². The Kier molecular flexibility index (Phi) is 15.1. The quantitative estimate of drug-likeness (QED) is 0.129. The molecule has 3 atom stereocenters. The molecule has 0 saturated heterocycles. The average Bonchev–Trinajstić information content (AvgIpc) is 2.82. The van der Waals surface area contributed by atoms with Gasteiger partial charge in [0.2, 0.25) is 0 Å². The second-order valence-electron chi connectivity index (χ2n) is 17.1. The molecule has 0 aliphatic heterocycles. The third kappa shape index (κ3) is 14.4. The summed E-state index contributed by atoms with van der Waals surface area (Å²) in [5.74, 6) is 1.01. The molecule has 0 saturated carbocycles. The van der Waals surface area contributed by atoms with Gasteiger partial charge in [-0.05, 0) is 140 Å². The van der Waals surface area contributed by atoms with Crippen LogP contribution in [-0.4, -0.2) is 67.3 Å². The minimum absolute atomic E-state index is 0.00880. The minimum atomic E-state index is -0.315. The van der Waals surface area contributed by atoms with Crippen molar-refractivity contribution < 1.29 is 14.2 Å². The number of hydrogen-bond acceptors (Lipinski definition) is 6. The van der Waals surface area contributed by atoms with E-state index in [4.69, 9.17) is 19.9 Å². The lowest BCUT2D eigenvalue weighted by Gasteiger charge is -2.48. The van der Waals surface area contributed by atoms with Gasteiger partial charge in [0.05, 0.1) is 36.6 Å². The molecule has 0 aliphatic rings. The van der Waals surface area contributed by atoms with E-state index in [2.05, 4.69) is 121 Å². The van der Waals surface area contributed by atoms with Crippen LogP contribution >= 0.6 is 0 Å². The second kappa shape index (κ2) is 15.2. The van der Waals surface area contributed by atoms with Gasteiger partial charge in [-0.1, -0.05) is 34.1 Å². The lowest BCUT2D eigenvalue weighted by molar-refractivity contribution is -0.132. The summed E-state index contributed by atoms with van der Waals surface area (Å²) in [5, 5.41) is 6.89. The van der Waals surface area contributed by atoms with Crippen molar-refractivity contribution in [2.45, 2.75) is 170 Å². The Morgan fingerprint density at radius 1 is 0.537 bits per heavy atom. The molecule has 0 bridgehead atoms. The molecular weight excluding hydrogens is 510 g/mol. The Balaban J connectivity index is 6.11. The van der Waals surface area contributed by atoms with E-state index in [1.54, 1.807) is 0 Å². The summed E-state index contributed by atoms with van der Waals surface area (Å²) in [5.41, 5.74) is 5.19. The maximum atomic E-state index is 6.72. The maximum absolute atomic E-state index is 6.72. The number of nitrogens with two attached hydrogens (primary N) is 1. The Bertz CT molecular complexity index is 712. The van der Waals surface area contributed by atoms with Gasteiger partial charge in [-0.25, -0.2) is 0 Å². The highest BCUT2D eigenvalue weighted by Gasteiger charge is 2.45. The van der Waals surface area contributed by atoms with E-state index in [0.29, 0.717) is 31.7 Å². The zero-order valence-electron chi connectivity index (χ0n) is 31.0. The number of nitrogens with one attached hydrogen (secondary N) is 2. The van der Waals surface area contributed by atoms with Gasteiger partial charge in [-0.2, -0.15) is 0 Å². The molecule has 4 N–H and O–H groups in total. The standard InChI is InChI=1S/C35H75N3O3/c1-19-35(23-29(5,6)39-20-26(2)32(11,12)36,24-30(7,8)40-21-27(3)33(13,14)37-17)25-31(9,10)41-22-28(4)34(15,16)38-18/h26-28,37-38H,19-25,36H2,1-18H3. The first-order valence-electron chi connectivity index (χ1n) is 16.3. The van der Waals surface area contributed by atoms with Crippen molar-refractivity contribution in [1.29, 1.82) is 0 Å². The number of rotatable bonds is 21. The van der Waals surface area contributed by atoms with Crippen LogP contribution in [0, 0.1) is 23.2 Å². The van der Waals surface area contributed by atoms with Gasteiger partial charge in [0.15, 0.2) is 0 Å². The first-order chi connectivity index (χ1) is 18.2. The van der Waals surface area contributed by atoms with Crippen LogP contribution in [0.1, 0.15) is 136 Å². The van der Waals surface area contributed by atoms with E-state index in [1.807, 2.05) is 14.1 Å². The SMILES string of the molecule is CCC(CC(C)(C)OCC(C)C(C)(C)N)(CC(C)(C)OCC(C)C(C)(C)NC)CC(C)(C)OCC(C)C(C)(C)NC. The van der Waals surface area contributed by atoms with Crippen molar-refractivity contribution in [3.8, 4) is 0 Å². The van der Waals surface area contributed by atoms with Gasteiger partial charge < -0.3 is 30.6 Å². The van der Waals surface area contributed by atoms with Crippen molar-refractivity contribution in [3.05, 3.63) is 0 Å². The third-order valence-corrected chi connectivity index (χ3v) is 10.3. The smallest absolute Gasteiger partial charge is 0.0632 e. The molecule has 0 aromatic carbocycles. The predicted octanol–water partition coefficient (Wildman–Crippen LogP) is 7.58. The van der Waals surface area contributed by atoms with Crippen LogP contribution in [-0.2, 0) is 14.2 Å². The largest absolute Gasteiger partial charge is 0.375 e. The molecule has 0 amide bonds. The molecule has 0 fully saturated rings. The van der Waals surface area contributed by atoms with Crippen LogP contribution in [0.5, 0.6) is 0 Å². The molecule has 41 heavy (non-hydrogen) atoms. The Morgan fingerprint density at radius 2 is 0.805 bits per heavy atom. The summed E-state index contributed by atoms with van der Waals surface area (Å²) in [6.45, 7) is 37.7. The van der Waals surface area contributed by atoms with Gasteiger partial charge in [0, 0.05) is 16.6 Å². The fourth-order valence-corrected chi connectivity index (χ4v) is 5.60. The number of hydrogen-bond donors (Lipinski definition) is 3. The lowest BCUT2D eigenvalue weighted by Crippen LogP contribution is -2.49. The zero-order chi connectivity index (χ0) is 32.7. The van der Waals surface area contributed by atoms with E-state index in [9.17, 15) is 0 Å². The van der Waals surface area contributed by atoms with Crippen LogP contribution in [0.2, 0.25) is 0 Å². The van der Waals surface area contributed by atoms with Gasteiger partial charge in [-0.3, -0.25) is 0 Å². The summed E-state index contributed by atoms with van der Waals surface area (Å²) in [6.07, 6.45) is 3.80. The summed E-state index contributed by atoms with van der Waals surface area (Å²) in [4.78, 5) is 0. The third-order valence-electron chi connectivity index (χ3n) is 10.3. The minimum Gasteiger partial charge on any atom is -0.375 e. The first kappa shape index (κ1) is 40.8. The monoisotopic (exact) mass is 586 g/mol. The van der Waals surface area contributed by atoms with Crippen LogP contribution in [0.15, 0.2) is 0 Å². The summed E-state index contributed by atoms with van der Waals surface area (Å²) < 4.78 is 20.1. The van der Waals surface area contributed by atoms with E-state index < -0.39 is 0 Å². The van der Waals surface area contributed by atoms with Crippen LogP contribution in [0.4, 0.5) is 0 Å². The molecule has 248 valence electrons. The fraction of sp³-hybridized carbons (Fsp3) is 1.00. The molecule has 0 spiro atoms. The van der Waals surface area contributed by atoms with Gasteiger partial charge >= 0.3 is 0 Å². The van der Waals surface area contributed by atoms with Crippen molar-refractivity contribution in [2.24, 2.45) is 28.9 Å². The van der Waals surface area contributed by atoms with Crippen LogP contribution in [0.25, 0.3) is 0 Å². The van der Waals surface area contributed by atoms with Gasteiger partial charge in [0.1, 0.15) is 0 Å².